The molecule has 0 amide bonds. The molecule has 0 aromatic heterocycles. The molecule has 2 heteroatoms. The quantitative estimate of drug-likeness (QED) is 0.154. The highest BCUT2D eigenvalue weighted by atomic mass is 15.0. The van der Waals surface area contributed by atoms with Gasteiger partial charge >= 0.3 is 0 Å². The molecule has 0 aliphatic heterocycles. The van der Waals surface area contributed by atoms with Gasteiger partial charge in [-0.3, -0.25) is 4.99 Å². The molecule has 0 fully saturated rings. The van der Waals surface area contributed by atoms with Crippen LogP contribution in [0.5, 0.6) is 0 Å². The molecule has 0 bridgehead atoms. The van der Waals surface area contributed by atoms with Crippen LogP contribution in [0.1, 0.15) is 91.7 Å². The molecule has 0 saturated carbocycles. The molecule has 0 radical (unpaired) electrons. The van der Waals surface area contributed by atoms with E-state index in [-0.39, 0.29) is 0 Å². The first-order valence-electron chi connectivity index (χ1n) is 14.0. The third kappa shape index (κ3) is 12.6. The van der Waals surface area contributed by atoms with Crippen molar-refractivity contribution < 1.29 is 0 Å². The second kappa shape index (κ2) is 19.0. The van der Waals surface area contributed by atoms with E-state index >= 15 is 0 Å². The highest BCUT2D eigenvalue weighted by Crippen LogP contribution is 2.23. The Hall–Kier alpha value is -3.13. The van der Waals surface area contributed by atoms with Gasteiger partial charge in [0, 0.05) is 5.57 Å². The van der Waals surface area contributed by atoms with Crippen LogP contribution in [0.2, 0.25) is 0 Å². The Kier molecular flexibility index (Phi) is 16.4. The monoisotopic (exact) mass is 498 g/mol. The first-order valence-corrected chi connectivity index (χ1v) is 14.0. The molecule has 0 aliphatic rings. The maximum atomic E-state index is 5.11. The lowest BCUT2D eigenvalue weighted by Gasteiger charge is -2.15. The van der Waals surface area contributed by atoms with Crippen molar-refractivity contribution in [2.75, 3.05) is 6.54 Å². The average molecular weight is 499 g/mol. The molecule has 0 atom stereocenters. The maximum absolute atomic E-state index is 5.11. The zero-order chi connectivity index (χ0) is 27.5. The minimum absolute atomic E-state index is 0.616. The van der Waals surface area contributed by atoms with Crippen LogP contribution in [0.4, 0.5) is 0 Å². The summed E-state index contributed by atoms with van der Waals surface area (Å²) in [6.45, 7) is 17.9. The van der Waals surface area contributed by atoms with Crippen molar-refractivity contribution in [2.24, 2.45) is 4.99 Å². The Morgan fingerprint density at radius 2 is 1.57 bits per heavy atom. The lowest BCUT2D eigenvalue weighted by atomic mass is 9.97. The van der Waals surface area contributed by atoms with Gasteiger partial charge in [0.25, 0.3) is 0 Å². The fraction of sp³-hybridized carbons (Fsp3) is 0.400. The molecule has 1 aromatic rings. The Balaban J connectivity index is 3.52. The summed E-state index contributed by atoms with van der Waals surface area (Å²) >= 11 is 0. The Morgan fingerprint density at radius 1 is 0.892 bits per heavy atom. The molecular formula is C35H50N2. The minimum Gasteiger partial charge on any atom is -0.347 e. The lowest BCUT2D eigenvalue weighted by molar-refractivity contribution is 0.950. The molecule has 1 N–H and O–H groups in total. The van der Waals surface area contributed by atoms with Gasteiger partial charge in [-0.15, -0.1) is 0 Å². The van der Waals surface area contributed by atoms with Gasteiger partial charge in [0.15, 0.2) is 0 Å². The van der Waals surface area contributed by atoms with E-state index in [2.05, 4.69) is 134 Å². The van der Waals surface area contributed by atoms with Crippen molar-refractivity contribution in [3.05, 3.63) is 112 Å². The second-order valence-corrected chi connectivity index (χ2v) is 9.40. The number of unbranched alkanes of at least 4 members (excludes halogenated alkanes) is 2. The smallest absolute Gasteiger partial charge is 0.132 e. The third-order valence-electron chi connectivity index (χ3n) is 6.09. The van der Waals surface area contributed by atoms with Crippen molar-refractivity contribution in [1.29, 1.82) is 0 Å². The highest BCUT2D eigenvalue weighted by Gasteiger charge is 2.11. The summed E-state index contributed by atoms with van der Waals surface area (Å²) < 4.78 is 0. The molecule has 200 valence electrons. The summed E-state index contributed by atoms with van der Waals surface area (Å²) in [6, 6.07) is 8.74. The fourth-order valence-corrected chi connectivity index (χ4v) is 3.63. The standard InChI is InChI=1S/C35H50N2/c1-9-14-17-28(6)19-22-31(12-4)27-37-35(36-25-16-11-3)34(30(8)18-15-10-2)26-32(13-5)33-23-20-29(7)21-24-33/h12-13,16-26H,9-11,14-15,27H2,1-8H3,(H,36,37)/b22-19-,25-16+,28-17+,30-18+,31-12+,32-13+,34-26+. The summed E-state index contributed by atoms with van der Waals surface area (Å²) in [7, 11) is 0. The topological polar surface area (TPSA) is 24.4 Å². The van der Waals surface area contributed by atoms with Gasteiger partial charge in [-0.25, -0.2) is 0 Å². The van der Waals surface area contributed by atoms with Crippen molar-refractivity contribution in [3.63, 3.8) is 0 Å². The van der Waals surface area contributed by atoms with E-state index in [1.165, 1.54) is 39.8 Å². The van der Waals surface area contributed by atoms with E-state index in [4.69, 9.17) is 4.99 Å². The highest BCUT2D eigenvalue weighted by molar-refractivity contribution is 6.05. The molecular weight excluding hydrogens is 448 g/mol. The number of nitrogens with zero attached hydrogens (tertiary/aromatic N) is 1. The molecule has 2 nitrogen and oxygen atoms in total. The number of hydrogen-bond donors (Lipinski definition) is 1. The van der Waals surface area contributed by atoms with Gasteiger partial charge in [0.05, 0.1) is 6.54 Å². The van der Waals surface area contributed by atoms with Gasteiger partial charge in [-0.1, -0.05) is 112 Å². The first-order chi connectivity index (χ1) is 17.9. The van der Waals surface area contributed by atoms with Crippen LogP contribution < -0.4 is 5.32 Å². The van der Waals surface area contributed by atoms with E-state index in [1.807, 2.05) is 6.20 Å². The van der Waals surface area contributed by atoms with Crippen LogP contribution >= 0.6 is 0 Å². The number of hydrogen-bond acceptors (Lipinski definition) is 1. The number of aliphatic imine (C=N–C) groups is 1. The van der Waals surface area contributed by atoms with Crippen molar-refractivity contribution in [1.82, 2.24) is 5.32 Å². The Bertz CT molecular complexity index is 1050. The van der Waals surface area contributed by atoms with Gasteiger partial charge in [-0.2, -0.15) is 0 Å². The van der Waals surface area contributed by atoms with E-state index in [1.54, 1.807) is 0 Å². The average Bonchev–Trinajstić information content (AvgIpc) is 2.91. The van der Waals surface area contributed by atoms with Crippen LogP contribution in [0.25, 0.3) is 5.57 Å². The van der Waals surface area contributed by atoms with Crippen LogP contribution in [-0.2, 0) is 0 Å². The first kappa shape index (κ1) is 31.9. The SMILES string of the molecule is C\C=C(/C=C\C(C)=C\CCC)CN=C(N/C=C/CC)C(=C/C(=C\C)c1ccc(C)cc1)/C(C)=C/CCC. The van der Waals surface area contributed by atoms with Gasteiger partial charge < -0.3 is 5.32 Å². The summed E-state index contributed by atoms with van der Waals surface area (Å²) in [5.41, 5.74) is 8.52. The van der Waals surface area contributed by atoms with E-state index < -0.39 is 0 Å². The number of rotatable bonds is 14. The summed E-state index contributed by atoms with van der Waals surface area (Å²) in [5, 5.41) is 3.51. The van der Waals surface area contributed by atoms with E-state index in [9.17, 15) is 0 Å². The van der Waals surface area contributed by atoms with Crippen LogP contribution in [0.15, 0.2) is 106 Å². The number of amidine groups is 1. The van der Waals surface area contributed by atoms with Gasteiger partial charge in [0.2, 0.25) is 0 Å². The molecule has 0 heterocycles. The predicted octanol–water partition coefficient (Wildman–Crippen LogP) is 10.2. The Morgan fingerprint density at radius 3 is 2.16 bits per heavy atom. The lowest BCUT2D eigenvalue weighted by Crippen LogP contribution is -2.22. The Labute approximate surface area is 228 Å². The largest absolute Gasteiger partial charge is 0.347 e. The third-order valence-corrected chi connectivity index (χ3v) is 6.09. The van der Waals surface area contributed by atoms with Crippen molar-refractivity contribution in [2.45, 2.75) is 87.5 Å². The summed E-state index contributed by atoms with van der Waals surface area (Å²) in [5.74, 6) is 0.895. The van der Waals surface area contributed by atoms with Crippen LogP contribution in [0.3, 0.4) is 0 Å². The maximum Gasteiger partial charge on any atom is 0.132 e. The van der Waals surface area contributed by atoms with Crippen LogP contribution in [0, 0.1) is 6.92 Å². The molecule has 37 heavy (non-hydrogen) atoms. The van der Waals surface area contributed by atoms with Crippen LogP contribution in [-0.4, -0.2) is 12.4 Å². The second-order valence-electron chi connectivity index (χ2n) is 9.40. The molecule has 1 aromatic carbocycles. The zero-order valence-electron chi connectivity index (χ0n) is 24.7. The number of aryl methyl sites for hydroxylation is 1. The van der Waals surface area contributed by atoms with Gasteiger partial charge in [-0.05, 0) is 88.4 Å². The summed E-state index contributed by atoms with van der Waals surface area (Å²) in [4.78, 5) is 5.11. The predicted molar refractivity (Wildman–Crippen MR) is 168 cm³/mol. The number of allylic oxidation sites excluding steroid dienone is 9. The van der Waals surface area contributed by atoms with E-state index in [0.29, 0.717) is 6.54 Å². The molecule has 0 aliphatic carbocycles. The molecule has 0 saturated heterocycles. The summed E-state index contributed by atoms with van der Waals surface area (Å²) in [6.07, 6.45) is 25.2. The normalized spacial score (nSPS) is 14.8. The van der Waals surface area contributed by atoms with Gasteiger partial charge in [0.1, 0.15) is 5.84 Å². The van der Waals surface area contributed by atoms with Crippen molar-refractivity contribution in [3.8, 4) is 0 Å². The minimum atomic E-state index is 0.616. The molecule has 1 rings (SSSR count). The fourth-order valence-electron chi connectivity index (χ4n) is 3.63. The molecule has 0 unspecified atom stereocenters. The number of nitrogens with one attached hydrogen (secondary N) is 1. The van der Waals surface area contributed by atoms with Crippen molar-refractivity contribution >= 4 is 11.4 Å². The zero-order valence-corrected chi connectivity index (χ0v) is 24.7. The van der Waals surface area contributed by atoms with E-state index in [0.717, 1.165) is 37.1 Å². The molecule has 0 spiro atoms. The number of benzene rings is 1.